The van der Waals surface area contributed by atoms with E-state index in [1.165, 1.54) is 0 Å². The van der Waals surface area contributed by atoms with Crippen LogP contribution in [0.5, 0.6) is 5.75 Å². The van der Waals surface area contributed by atoms with Crippen LogP contribution in [0.4, 0.5) is 0 Å². The summed E-state index contributed by atoms with van der Waals surface area (Å²) in [4.78, 5) is 11.8. The Morgan fingerprint density at radius 3 is 2.88 bits per heavy atom. The highest BCUT2D eigenvalue weighted by Crippen LogP contribution is 2.19. The van der Waals surface area contributed by atoms with Crippen molar-refractivity contribution in [2.24, 2.45) is 0 Å². The first-order valence-electron chi connectivity index (χ1n) is 5.18. The maximum atomic E-state index is 11.8. The molecular weight excluding hydrogens is 206 g/mol. The summed E-state index contributed by atoms with van der Waals surface area (Å²) in [6.07, 6.45) is 0. The molecule has 2 N–H and O–H groups in total. The number of methoxy groups -OCH3 is 1. The molecule has 1 aromatic rings. The minimum Gasteiger partial charge on any atom is -0.496 e. The van der Waals surface area contributed by atoms with Gasteiger partial charge in [0.15, 0.2) is 5.78 Å². The number of carbonyl (C=O) groups is 1. The zero-order valence-electron chi connectivity index (χ0n) is 9.62. The van der Waals surface area contributed by atoms with Crippen molar-refractivity contribution in [1.29, 1.82) is 0 Å². The van der Waals surface area contributed by atoms with Gasteiger partial charge >= 0.3 is 0 Å². The van der Waals surface area contributed by atoms with E-state index in [2.05, 4.69) is 5.32 Å². The molecule has 0 saturated carbocycles. The molecule has 0 fully saturated rings. The van der Waals surface area contributed by atoms with Gasteiger partial charge in [-0.3, -0.25) is 4.79 Å². The van der Waals surface area contributed by atoms with Gasteiger partial charge < -0.3 is 15.2 Å². The average Bonchev–Trinajstić information content (AvgIpc) is 2.29. The highest BCUT2D eigenvalue weighted by Gasteiger charge is 2.11. The van der Waals surface area contributed by atoms with Crippen molar-refractivity contribution >= 4 is 5.78 Å². The number of aryl methyl sites for hydroxylation is 1. The van der Waals surface area contributed by atoms with Crippen molar-refractivity contribution < 1.29 is 14.6 Å². The molecule has 0 aliphatic heterocycles. The van der Waals surface area contributed by atoms with Crippen molar-refractivity contribution in [2.45, 2.75) is 6.92 Å². The quantitative estimate of drug-likeness (QED) is 0.552. The minimum absolute atomic E-state index is 0.0260. The second kappa shape index (κ2) is 6.25. The number of ether oxygens (including phenoxy) is 1. The highest BCUT2D eigenvalue weighted by atomic mass is 16.5. The molecule has 0 heterocycles. The van der Waals surface area contributed by atoms with Gasteiger partial charge in [0.1, 0.15) is 5.75 Å². The molecule has 0 bridgehead atoms. The van der Waals surface area contributed by atoms with Crippen molar-refractivity contribution in [3.8, 4) is 5.75 Å². The predicted molar refractivity (Wildman–Crippen MR) is 62.0 cm³/mol. The third kappa shape index (κ3) is 3.32. The third-order valence-corrected chi connectivity index (χ3v) is 2.23. The standard InChI is InChI=1S/C12H17NO3/c1-9-3-4-12(16-2)10(7-9)11(15)8-13-5-6-14/h3-4,7,13-14H,5-6,8H2,1-2H3. The van der Waals surface area contributed by atoms with E-state index in [0.717, 1.165) is 5.56 Å². The second-order valence-corrected chi connectivity index (χ2v) is 3.53. The molecule has 4 nitrogen and oxygen atoms in total. The van der Waals surface area contributed by atoms with Crippen LogP contribution in [0.1, 0.15) is 15.9 Å². The molecule has 0 unspecified atom stereocenters. The molecule has 0 aromatic heterocycles. The number of hydrogen-bond donors (Lipinski definition) is 2. The number of hydrogen-bond acceptors (Lipinski definition) is 4. The van der Waals surface area contributed by atoms with Gasteiger partial charge in [0, 0.05) is 6.54 Å². The molecule has 4 heteroatoms. The number of aliphatic hydroxyl groups is 1. The summed E-state index contributed by atoms with van der Waals surface area (Å²) in [6.45, 7) is 2.58. The first-order chi connectivity index (χ1) is 7.69. The van der Waals surface area contributed by atoms with Crippen LogP contribution >= 0.6 is 0 Å². The minimum atomic E-state index is -0.0333. The number of nitrogens with one attached hydrogen (secondary N) is 1. The molecule has 1 aromatic carbocycles. The van der Waals surface area contributed by atoms with Crippen molar-refractivity contribution in [2.75, 3.05) is 26.8 Å². The lowest BCUT2D eigenvalue weighted by molar-refractivity contribution is 0.0986. The number of benzene rings is 1. The molecule has 16 heavy (non-hydrogen) atoms. The van der Waals surface area contributed by atoms with Crippen molar-refractivity contribution in [1.82, 2.24) is 5.32 Å². The summed E-state index contributed by atoms with van der Waals surface area (Å²) in [5.74, 6) is 0.551. The Kier molecular flexibility index (Phi) is 4.95. The molecule has 0 saturated heterocycles. The van der Waals surface area contributed by atoms with E-state index in [-0.39, 0.29) is 18.9 Å². The Bertz CT molecular complexity index is 363. The zero-order chi connectivity index (χ0) is 12.0. The number of Topliss-reactive ketones (excluding diaryl/α,β-unsaturated/α-hetero) is 1. The van der Waals surface area contributed by atoms with Gasteiger partial charge in [-0.1, -0.05) is 11.6 Å². The summed E-state index contributed by atoms with van der Waals surface area (Å²) in [6, 6.07) is 5.49. The van der Waals surface area contributed by atoms with Gasteiger partial charge in [-0.25, -0.2) is 0 Å². The van der Waals surface area contributed by atoms with Crippen LogP contribution in [-0.2, 0) is 0 Å². The fourth-order valence-corrected chi connectivity index (χ4v) is 1.42. The van der Waals surface area contributed by atoms with E-state index in [9.17, 15) is 4.79 Å². The Morgan fingerprint density at radius 1 is 1.50 bits per heavy atom. The number of carbonyl (C=O) groups excluding carboxylic acids is 1. The highest BCUT2D eigenvalue weighted by molar-refractivity contribution is 6.00. The fourth-order valence-electron chi connectivity index (χ4n) is 1.42. The van der Waals surface area contributed by atoms with Crippen LogP contribution in [0.2, 0.25) is 0 Å². The maximum Gasteiger partial charge on any atom is 0.180 e. The molecule has 88 valence electrons. The Morgan fingerprint density at radius 2 is 2.25 bits per heavy atom. The summed E-state index contributed by atoms with van der Waals surface area (Å²) >= 11 is 0. The van der Waals surface area contributed by atoms with E-state index in [0.29, 0.717) is 17.9 Å². The smallest absolute Gasteiger partial charge is 0.180 e. The van der Waals surface area contributed by atoms with Gasteiger partial charge in [-0.2, -0.15) is 0 Å². The molecule has 0 amide bonds. The molecule has 0 spiro atoms. The Labute approximate surface area is 95.2 Å². The van der Waals surface area contributed by atoms with Crippen molar-refractivity contribution in [3.05, 3.63) is 29.3 Å². The lowest BCUT2D eigenvalue weighted by atomic mass is 10.1. The molecule has 0 aliphatic carbocycles. The molecule has 1 rings (SSSR count). The SMILES string of the molecule is COc1ccc(C)cc1C(=O)CNCCO. The summed E-state index contributed by atoms with van der Waals surface area (Å²) in [7, 11) is 1.54. The number of aliphatic hydroxyl groups excluding tert-OH is 1. The van der Waals surface area contributed by atoms with Gasteiger partial charge in [0.25, 0.3) is 0 Å². The summed E-state index contributed by atoms with van der Waals surface area (Å²) in [5.41, 5.74) is 1.60. The van der Waals surface area contributed by atoms with E-state index in [1.54, 1.807) is 13.2 Å². The van der Waals surface area contributed by atoms with Crippen LogP contribution in [0.3, 0.4) is 0 Å². The molecule has 0 atom stereocenters. The van der Waals surface area contributed by atoms with E-state index in [1.807, 2.05) is 19.1 Å². The van der Waals surface area contributed by atoms with Gasteiger partial charge in [-0.05, 0) is 19.1 Å². The topological polar surface area (TPSA) is 58.6 Å². The maximum absolute atomic E-state index is 11.8. The second-order valence-electron chi connectivity index (χ2n) is 3.53. The normalized spacial score (nSPS) is 10.2. The monoisotopic (exact) mass is 223 g/mol. The van der Waals surface area contributed by atoms with E-state index in [4.69, 9.17) is 9.84 Å². The largest absolute Gasteiger partial charge is 0.496 e. The van der Waals surface area contributed by atoms with Crippen LogP contribution in [0.25, 0.3) is 0 Å². The van der Waals surface area contributed by atoms with E-state index < -0.39 is 0 Å². The average molecular weight is 223 g/mol. The summed E-state index contributed by atoms with van der Waals surface area (Å²) in [5, 5.41) is 11.4. The Balaban J connectivity index is 2.76. The molecule has 0 radical (unpaired) electrons. The van der Waals surface area contributed by atoms with Crippen molar-refractivity contribution in [3.63, 3.8) is 0 Å². The summed E-state index contributed by atoms with van der Waals surface area (Å²) < 4.78 is 5.13. The predicted octanol–water partition coefficient (Wildman–Crippen LogP) is 0.768. The zero-order valence-corrected chi connectivity index (χ0v) is 9.62. The first kappa shape index (κ1) is 12.7. The van der Waals surface area contributed by atoms with Gasteiger partial charge in [0.2, 0.25) is 0 Å². The Hall–Kier alpha value is -1.39. The molecule has 0 aliphatic rings. The van der Waals surface area contributed by atoms with Crippen LogP contribution in [-0.4, -0.2) is 37.7 Å². The number of rotatable bonds is 6. The van der Waals surface area contributed by atoms with Crippen LogP contribution < -0.4 is 10.1 Å². The fraction of sp³-hybridized carbons (Fsp3) is 0.417. The van der Waals surface area contributed by atoms with Gasteiger partial charge in [-0.15, -0.1) is 0 Å². The third-order valence-electron chi connectivity index (χ3n) is 2.23. The lowest BCUT2D eigenvalue weighted by Gasteiger charge is -2.08. The van der Waals surface area contributed by atoms with Gasteiger partial charge in [0.05, 0.1) is 25.8 Å². The van der Waals surface area contributed by atoms with E-state index >= 15 is 0 Å². The van der Waals surface area contributed by atoms with Crippen LogP contribution in [0.15, 0.2) is 18.2 Å². The van der Waals surface area contributed by atoms with Crippen LogP contribution in [0, 0.1) is 6.92 Å². The molecular formula is C12H17NO3. The lowest BCUT2D eigenvalue weighted by Crippen LogP contribution is -2.26. The first-order valence-corrected chi connectivity index (χ1v) is 5.18. The number of ketones is 1.